The van der Waals surface area contributed by atoms with Gasteiger partial charge in [-0.15, -0.1) is 0 Å². The molecule has 31 heavy (non-hydrogen) atoms. The van der Waals surface area contributed by atoms with Crippen molar-refractivity contribution in [3.8, 4) is 6.07 Å². The van der Waals surface area contributed by atoms with Gasteiger partial charge in [-0.3, -0.25) is 4.79 Å². The van der Waals surface area contributed by atoms with Gasteiger partial charge in [-0.1, -0.05) is 6.07 Å². The standard InChI is InChI=1S/C22H20N6O3/c23-10-14-5-6-16(25-11-14)19(29)27-18-4-1-3-17(26-18)22-13-31-21(7-2-8-21)9-15(22)12-30-20(24)28-22/h4-6,11,15H,2,7-9,12-13H2,(H2,24,28)(H,26,27,29)/t15?,22-/m0/s1. The minimum Gasteiger partial charge on any atom is -0.465 e. The maximum atomic E-state index is 12.6. The Hall–Kier alpha value is -3.69. The van der Waals surface area contributed by atoms with Crippen molar-refractivity contribution in [2.24, 2.45) is 16.6 Å². The number of amidine groups is 1. The van der Waals surface area contributed by atoms with Crippen molar-refractivity contribution in [1.29, 1.82) is 5.26 Å². The molecular weight excluding hydrogens is 396 g/mol. The molecule has 0 radical (unpaired) electrons. The molecule has 0 bridgehead atoms. The monoisotopic (exact) mass is 416 g/mol. The van der Waals surface area contributed by atoms with Gasteiger partial charge in [0.15, 0.2) is 0 Å². The lowest BCUT2D eigenvalue weighted by Gasteiger charge is -2.53. The van der Waals surface area contributed by atoms with Gasteiger partial charge in [0.25, 0.3) is 11.9 Å². The molecule has 1 amide bonds. The van der Waals surface area contributed by atoms with Gasteiger partial charge < -0.3 is 20.5 Å². The third-order valence-corrected chi connectivity index (χ3v) is 6.31. The van der Waals surface area contributed by atoms with Crippen molar-refractivity contribution in [2.45, 2.75) is 36.8 Å². The normalized spacial score (nSPS) is 25.6. The lowest BCUT2D eigenvalue weighted by Crippen LogP contribution is -2.58. The Bertz CT molecular complexity index is 1090. The average Bonchev–Trinajstić information content (AvgIpc) is 2.77. The van der Waals surface area contributed by atoms with Crippen molar-refractivity contribution < 1.29 is 14.3 Å². The zero-order valence-corrected chi connectivity index (χ0v) is 16.7. The largest absolute Gasteiger partial charge is 0.465 e. The van der Waals surface area contributed by atoms with Crippen LogP contribution in [0.4, 0.5) is 5.82 Å². The molecule has 1 unspecified atom stereocenters. The van der Waals surface area contributed by atoms with Crippen LogP contribution in [0, 0.1) is 29.4 Å². The van der Waals surface area contributed by atoms with Crippen LogP contribution < -0.4 is 11.1 Å². The summed E-state index contributed by atoms with van der Waals surface area (Å²) in [6.07, 6.45) is 5.39. The number of nitriles is 1. The zero-order valence-electron chi connectivity index (χ0n) is 16.7. The maximum absolute atomic E-state index is 12.6. The number of ether oxygens (including phenoxy) is 2. The van der Waals surface area contributed by atoms with E-state index in [1.54, 1.807) is 0 Å². The van der Waals surface area contributed by atoms with Gasteiger partial charge in [0.1, 0.15) is 28.8 Å². The third kappa shape index (κ3) is 3.33. The van der Waals surface area contributed by atoms with E-state index in [4.69, 9.17) is 20.5 Å². The predicted molar refractivity (Wildman–Crippen MR) is 109 cm³/mol. The second kappa shape index (κ2) is 7.22. The van der Waals surface area contributed by atoms with Gasteiger partial charge >= 0.3 is 0 Å². The Balaban J connectivity index is 1.42. The van der Waals surface area contributed by atoms with Crippen LogP contribution in [0.3, 0.4) is 0 Å². The first kappa shape index (κ1) is 19.3. The van der Waals surface area contributed by atoms with Crippen LogP contribution in [-0.2, 0) is 15.0 Å². The molecule has 5 rings (SSSR count). The highest BCUT2D eigenvalue weighted by molar-refractivity contribution is 6.02. The highest BCUT2D eigenvalue weighted by Crippen LogP contribution is 2.51. The molecule has 1 saturated carbocycles. The van der Waals surface area contributed by atoms with Crippen molar-refractivity contribution in [3.05, 3.63) is 53.5 Å². The Labute approximate surface area is 179 Å². The molecule has 9 nitrogen and oxygen atoms in total. The van der Waals surface area contributed by atoms with E-state index in [0.29, 0.717) is 30.3 Å². The number of carbonyl (C=O) groups is 1. The smallest absolute Gasteiger partial charge is 0.282 e. The van der Waals surface area contributed by atoms with Crippen molar-refractivity contribution in [3.63, 3.8) is 0 Å². The first-order chi connectivity index (χ1) is 15.0. The Morgan fingerprint density at radius 3 is 2.97 bits per heavy atom. The summed E-state index contributed by atoms with van der Waals surface area (Å²) in [5.74, 6) is -0.112. The molecule has 3 N–H and O–H groups in total. The summed E-state index contributed by atoms with van der Waals surface area (Å²) in [4.78, 5) is 25.8. The summed E-state index contributed by atoms with van der Waals surface area (Å²) in [6.45, 7) is 0.759. The molecule has 2 aromatic rings. The lowest BCUT2D eigenvalue weighted by atomic mass is 9.66. The fourth-order valence-electron chi connectivity index (χ4n) is 4.42. The highest BCUT2D eigenvalue weighted by atomic mass is 16.5. The number of fused-ring (bicyclic) bond motifs is 1. The number of hydrogen-bond acceptors (Lipinski definition) is 8. The molecule has 156 valence electrons. The molecule has 1 aliphatic carbocycles. The number of nitrogens with two attached hydrogens (primary N) is 1. The molecule has 0 aromatic carbocycles. The summed E-state index contributed by atoms with van der Waals surface area (Å²) < 4.78 is 11.8. The van der Waals surface area contributed by atoms with E-state index in [1.807, 2.05) is 6.07 Å². The van der Waals surface area contributed by atoms with E-state index in [1.165, 1.54) is 24.4 Å². The number of aliphatic imine (C=N–C) groups is 1. The minimum atomic E-state index is -0.826. The van der Waals surface area contributed by atoms with Crippen LogP contribution in [0.1, 0.15) is 47.4 Å². The Morgan fingerprint density at radius 1 is 1.39 bits per heavy atom. The average molecular weight is 416 g/mol. The third-order valence-electron chi connectivity index (χ3n) is 6.31. The molecule has 1 spiro atoms. The van der Waals surface area contributed by atoms with Crippen LogP contribution in [0.15, 0.2) is 29.4 Å². The van der Waals surface area contributed by atoms with E-state index >= 15 is 0 Å². The zero-order chi connectivity index (χ0) is 21.5. The highest BCUT2D eigenvalue weighted by Gasteiger charge is 2.56. The SMILES string of the molecule is N#Cc1ccc(C(=O)Nc2cc#cc([C@]34COC5(CCC5)CC3COC(N)=N4)n2)nc1. The summed E-state index contributed by atoms with van der Waals surface area (Å²) in [5, 5.41) is 11.6. The van der Waals surface area contributed by atoms with Gasteiger partial charge in [0, 0.05) is 18.2 Å². The second-order valence-corrected chi connectivity index (χ2v) is 8.17. The fourth-order valence-corrected chi connectivity index (χ4v) is 4.42. The van der Waals surface area contributed by atoms with Crippen LogP contribution >= 0.6 is 0 Å². The topological polar surface area (TPSA) is 136 Å². The number of nitrogens with one attached hydrogen (secondary N) is 1. The van der Waals surface area contributed by atoms with E-state index in [2.05, 4.69) is 32.4 Å². The van der Waals surface area contributed by atoms with Gasteiger partial charge in [-0.05, 0) is 43.9 Å². The van der Waals surface area contributed by atoms with Gasteiger partial charge in [-0.25, -0.2) is 15.0 Å². The van der Waals surface area contributed by atoms with Crippen molar-refractivity contribution >= 4 is 17.7 Å². The second-order valence-electron chi connectivity index (χ2n) is 8.17. The van der Waals surface area contributed by atoms with E-state index < -0.39 is 11.4 Å². The fraction of sp³-hybridized carbons (Fsp3) is 0.409. The number of amides is 1. The van der Waals surface area contributed by atoms with Crippen LogP contribution in [0.5, 0.6) is 0 Å². The van der Waals surface area contributed by atoms with Gasteiger partial charge in [0.2, 0.25) is 0 Å². The lowest BCUT2D eigenvalue weighted by molar-refractivity contribution is -0.182. The maximum Gasteiger partial charge on any atom is 0.282 e. The molecule has 1 saturated heterocycles. The molecule has 2 aromatic heterocycles. The minimum absolute atomic E-state index is 0.0390. The molecule has 4 heterocycles. The Morgan fingerprint density at radius 2 is 2.26 bits per heavy atom. The van der Waals surface area contributed by atoms with E-state index in [-0.39, 0.29) is 23.2 Å². The number of rotatable bonds is 3. The van der Waals surface area contributed by atoms with Gasteiger partial charge in [0.05, 0.1) is 24.4 Å². The first-order valence-electron chi connectivity index (χ1n) is 10.1. The first-order valence-corrected chi connectivity index (χ1v) is 10.1. The van der Waals surface area contributed by atoms with Crippen molar-refractivity contribution in [1.82, 2.24) is 9.97 Å². The Kier molecular flexibility index (Phi) is 4.49. The van der Waals surface area contributed by atoms with E-state index in [9.17, 15) is 4.79 Å². The number of aromatic nitrogens is 2. The molecule has 2 aliphatic heterocycles. The van der Waals surface area contributed by atoms with E-state index in [0.717, 1.165) is 25.7 Å². The van der Waals surface area contributed by atoms with Gasteiger partial charge in [-0.2, -0.15) is 5.26 Å². The number of hydrogen-bond donors (Lipinski definition) is 2. The predicted octanol–water partition coefficient (Wildman–Crippen LogP) is 1.70. The van der Waals surface area contributed by atoms with Crippen LogP contribution in [0.25, 0.3) is 0 Å². The number of pyridine rings is 1. The molecule has 2 fully saturated rings. The molecule has 3 aliphatic rings. The number of carbonyl (C=O) groups excluding carboxylic acids is 1. The number of nitrogens with zero attached hydrogens (tertiary/aromatic N) is 4. The quantitative estimate of drug-likeness (QED) is 0.777. The summed E-state index contributed by atoms with van der Waals surface area (Å²) >= 11 is 0. The molecular formula is C22H20N6O3. The van der Waals surface area contributed by atoms with Crippen LogP contribution in [-0.4, -0.2) is 40.7 Å². The summed E-state index contributed by atoms with van der Waals surface area (Å²) in [6, 6.07) is 12.6. The van der Waals surface area contributed by atoms with Crippen molar-refractivity contribution in [2.75, 3.05) is 18.5 Å². The number of anilines is 1. The van der Waals surface area contributed by atoms with Crippen LogP contribution in [0.2, 0.25) is 0 Å². The summed E-state index contributed by atoms with van der Waals surface area (Å²) in [5.41, 5.74) is 6.04. The summed E-state index contributed by atoms with van der Waals surface area (Å²) in [7, 11) is 0. The molecule has 9 heteroatoms. The molecule has 2 atom stereocenters.